The van der Waals surface area contributed by atoms with Gasteiger partial charge in [0, 0.05) is 0 Å². The van der Waals surface area contributed by atoms with Crippen molar-refractivity contribution in [2.24, 2.45) is 0 Å². The Balaban J connectivity index is 4.48. The van der Waals surface area contributed by atoms with Crippen LogP contribution in [0, 0.1) is 0 Å². The Kier molecular flexibility index (Phi) is 2.66. The minimum atomic E-state index is -4.41. The first-order valence-corrected chi connectivity index (χ1v) is 4.35. The Bertz CT molecular complexity index is 207. The molecule has 0 saturated carbocycles. The van der Waals surface area contributed by atoms with E-state index in [4.69, 9.17) is 14.9 Å². The average Bonchev–Trinajstić information content (AvgIpc) is 1.56. The zero-order valence-corrected chi connectivity index (χ0v) is 7.00. The lowest BCUT2D eigenvalue weighted by atomic mass is 10.4. The van der Waals surface area contributed by atoms with Crippen LogP contribution in [0.15, 0.2) is 0 Å². The van der Waals surface area contributed by atoms with Gasteiger partial charge in [0.25, 0.3) is 0 Å². The molecule has 0 rings (SSSR count). The largest absolute Gasteiger partial charge is 0.465 e. The molecule has 7 heteroatoms. The van der Waals surface area contributed by atoms with Crippen LogP contribution in [0.1, 0.15) is 13.8 Å². The Morgan fingerprint density at radius 3 is 1.91 bits per heavy atom. The molecule has 0 atom stereocenters. The summed E-state index contributed by atoms with van der Waals surface area (Å²) in [5.41, 5.74) is 0. The van der Waals surface area contributed by atoms with Crippen LogP contribution in [0.3, 0.4) is 0 Å². The molecule has 0 heterocycles. The van der Waals surface area contributed by atoms with E-state index in [-0.39, 0.29) is 0 Å². The molecule has 1 amide bonds. The summed E-state index contributed by atoms with van der Waals surface area (Å²) >= 11 is 0. The van der Waals surface area contributed by atoms with Crippen LogP contribution in [0.25, 0.3) is 0 Å². The molecule has 0 aromatic rings. The van der Waals surface area contributed by atoms with Crippen LogP contribution >= 0.6 is 7.60 Å². The molecule has 0 radical (unpaired) electrons. The Labute approximate surface area is 63.4 Å². The zero-order valence-electron chi connectivity index (χ0n) is 6.11. The molecule has 0 fully saturated rings. The van der Waals surface area contributed by atoms with E-state index in [1.165, 1.54) is 0 Å². The van der Waals surface area contributed by atoms with Gasteiger partial charge in [0.15, 0.2) is 0 Å². The van der Waals surface area contributed by atoms with E-state index in [9.17, 15) is 9.36 Å². The van der Waals surface area contributed by atoms with Crippen LogP contribution in [0.5, 0.6) is 0 Å². The Morgan fingerprint density at radius 2 is 1.82 bits per heavy atom. The molecule has 0 spiro atoms. The van der Waals surface area contributed by atoms with Crippen molar-refractivity contribution in [1.29, 1.82) is 0 Å². The van der Waals surface area contributed by atoms with Crippen molar-refractivity contribution in [2.45, 2.75) is 19.1 Å². The van der Waals surface area contributed by atoms with Gasteiger partial charge in [0.05, 0.1) is 0 Å². The fourth-order valence-corrected chi connectivity index (χ4v) is 0.576. The molecule has 4 N–H and O–H groups in total. The predicted octanol–water partition coefficient (Wildman–Crippen LogP) is 0.168. The minimum Gasteiger partial charge on any atom is -0.465 e. The highest BCUT2D eigenvalue weighted by molar-refractivity contribution is 7.53. The summed E-state index contributed by atoms with van der Waals surface area (Å²) in [6.07, 6.45) is -1.46. The van der Waals surface area contributed by atoms with Gasteiger partial charge in [0.2, 0.25) is 0 Å². The summed E-state index contributed by atoms with van der Waals surface area (Å²) < 4.78 is 10.6. The van der Waals surface area contributed by atoms with Gasteiger partial charge in [-0.1, -0.05) is 0 Å². The normalized spacial score (nSPS) is 12.7. The van der Waals surface area contributed by atoms with Gasteiger partial charge < -0.3 is 20.2 Å². The summed E-state index contributed by atoms with van der Waals surface area (Å²) in [6, 6.07) is 0. The van der Waals surface area contributed by atoms with Crippen molar-refractivity contribution >= 4 is 13.7 Å². The summed E-state index contributed by atoms with van der Waals surface area (Å²) in [5.74, 6) is 0. The van der Waals surface area contributed by atoms with E-state index in [1.54, 1.807) is 5.32 Å². The quantitative estimate of drug-likeness (QED) is 0.456. The highest BCUT2D eigenvalue weighted by atomic mass is 31.2. The maximum Gasteiger partial charge on any atom is 0.405 e. The third kappa shape index (κ3) is 2.88. The highest BCUT2D eigenvalue weighted by Gasteiger charge is 2.38. The molecule has 0 saturated heterocycles. The number of rotatable bonds is 2. The third-order valence-electron chi connectivity index (χ3n) is 1.14. The number of amides is 1. The van der Waals surface area contributed by atoms with E-state index in [2.05, 4.69) is 0 Å². The molecular formula is C4H10NO5P. The first-order valence-electron chi connectivity index (χ1n) is 2.73. The predicted molar refractivity (Wildman–Crippen MR) is 37.3 cm³/mol. The first kappa shape index (κ1) is 10.4. The second-order valence-electron chi connectivity index (χ2n) is 2.53. The number of hydrogen-bond donors (Lipinski definition) is 4. The lowest BCUT2D eigenvalue weighted by molar-refractivity contribution is 0.185. The van der Waals surface area contributed by atoms with Gasteiger partial charge in [-0.15, -0.1) is 0 Å². The molecule has 66 valence electrons. The van der Waals surface area contributed by atoms with E-state index in [0.29, 0.717) is 0 Å². The smallest absolute Gasteiger partial charge is 0.405 e. The molecule has 11 heavy (non-hydrogen) atoms. The van der Waals surface area contributed by atoms with Crippen LogP contribution < -0.4 is 5.32 Å². The number of nitrogens with one attached hydrogen (secondary N) is 1. The fraction of sp³-hybridized carbons (Fsp3) is 0.750. The van der Waals surface area contributed by atoms with E-state index in [0.717, 1.165) is 13.8 Å². The van der Waals surface area contributed by atoms with Gasteiger partial charge in [-0.2, -0.15) is 0 Å². The number of carbonyl (C=O) groups is 1. The summed E-state index contributed by atoms with van der Waals surface area (Å²) in [7, 11) is -4.41. The zero-order chi connectivity index (χ0) is 9.28. The van der Waals surface area contributed by atoms with Crippen molar-refractivity contribution in [3.63, 3.8) is 0 Å². The van der Waals surface area contributed by atoms with Crippen molar-refractivity contribution < 1.29 is 24.3 Å². The van der Waals surface area contributed by atoms with E-state index >= 15 is 0 Å². The van der Waals surface area contributed by atoms with E-state index in [1.807, 2.05) is 0 Å². The number of carboxylic acid groups (broad SMARTS) is 1. The fourth-order valence-electron chi connectivity index (χ4n) is 0.335. The molecule has 0 unspecified atom stereocenters. The van der Waals surface area contributed by atoms with Crippen LogP contribution in [-0.2, 0) is 4.57 Å². The van der Waals surface area contributed by atoms with Crippen molar-refractivity contribution in [2.75, 3.05) is 0 Å². The Hall–Kier alpha value is -0.580. The molecule has 0 aliphatic carbocycles. The molecule has 0 aliphatic heterocycles. The second kappa shape index (κ2) is 2.81. The molecule has 0 bridgehead atoms. The summed E-state index contributed by atoms with van der Waals surface area (Å²) in [6.45, 7) is 2.23. The SMILES string of the molecule is CC(C)(NC(=O)O)P(=O)(O)O. The molecule has 0 aliphatic rings. The van der Waals surface area contributed by atoms with Crippen molar-refractivity contribution in [3.05, 3.63) is 0 Å². The van der Waals surface area contributed by atoms with E-state index < -0.39 is 19.0 Å². The lowest BCUT2D eigenvalue weighted by Crippen LogP contribution is -2.42. The average molecular weight is 183 g/mol. The lowest BCUT2D eigenvalue weighted by Gasteiger charge is -2.24. The maximum absolute atomic E-state index is 10.6. The highest BCUT2D eigenvalue weighted by Crippen LogP contribution is 2.47. The molecule has 0 aromatic heterocycles. The monoisotopic (exact) mass is 183 g/mol. The van der Waals surface area contributed by atoms with Crippen LogP contribution in [0.2, 0.25) is 0 Å². The standard InChI is InChI=1S/C4H10NO5P/c1-4(2,5-3(6)7)11(8,9)10/h5H,1-2H3,(H,6,7)(H2,8,9,10). The summed E-state index contributed by atoms with van der Waals surface area (Å²) in [5, 5.41) is 8.15. The van der Waals surface area contributed by atoms with Crippen LogP contribution in [-0.4, -0.2) is 26.3 Å². The topological polar surface area (TPSA) is 107 Å². The molecule has 6 nitrogen and oxygen atoms in total. The van der Waals surface area contributed by atoms with Gasteiger partial charge in [-0.25, -0.2) is 4.79 Å². The molecular weight excluding hydrogens is 173 g/mol. The van der Waals surface area contributed by atoms with Gasteiger partial charge in [-0.05, 0) is 13.8 Å². The second-order valence-corrected chi connectivity index (χ2v) is 4.74. The van der Waals surface area contributed by atoms with Crippen LogP contribution in [0.4, 0.5) is 4.79 Å². The minimum absolute atomic E-state index is 1.11. The van der Waals surface area contributed by atoms with Gasteiger partial charge in [-0.3, -0.25) is 4.57 Å². The van der Waals surface area contributed by atoms with Gasteiger partial charge >= 0.3 is 13.7 Å². The number of hydrogen-bond acceptors (Lipinski definition) is 2. The maximum atomic E-state index is 10.6. The third-order valence-corrected chi connectivity index (χ3v) is 2.71. The first-order chi connectivity index (χ1) is 4.67. The summed E-state index contributed by atoms with van der Waals surface area (Å²) in [4.78, 5) is 27.2. The van der Waals surface area contributed by atoms with Gasteiger partial charge in [0.1, 0.15) is 5.28 Å². The Morgan fingerprint density at radius 1 is 1.45 bits per heavy atom. The van der Waals surface area contributed by atoms with Crippen molar-refractivity contribution in [3.8, 4) is 0 Å². The van der Waals surface area contributed by atoms with Crippen molar-refractivity contribution in [1.82, 2.24) is 5.32 Å². The molecule has 0 aromatic carbocycles.